The Kier molecular flexibility index (Phi) is 5.53. The fourth-order valence-electron chi connectivity index (χ4n) is 6.63. The third kappa shape index (κ3) is 3.66. The third-order valence-electron chi connectivity index (χ3n) is 8.55. The number of nitrogens with zero attached hydrogens (tertiary/aromatic N) is 6. The SMILES string of the molecule is Cc1cc2c(cnn2-c2ccc(F)cc2)cc1[C@]12CN(S(=O)(=O)c3cnn(C(C)C)n3)C[C@H]1[C@@H]2c1ccccc1. The first-order valence-electron chi connectivity index (χ1n) is 13.4. The van der Waals surface area contributed by atoms with Crippen LogP contribution in [0.25, 0.3) is 16.6 Å². The molecule has 1 saturated carbocycles. The van der Waals surface area contributed by atoms with E-state index in [9.17, 15) is 12.8 Å². The maximum Gasteiger partial charge on any atom is 0.264 e. The molecular formula is C30H29FN6O2S. The topological polar surface area (TPSA) is 85.9 Å². The smallest absolute Gasteiger partial charge is 0.233 e. The van der Waals surface area contributed by atoms with Crippen molar-refractivity contribution in [1.82, 2.24) is 29.1 Å². The summed E-state index contributed by atoms with van der Waals surface area (Å²) >= 11 is 0. The number of halogens is 1. The molecule has 10 heteroatoms. The second-order valence-corrected chi connectivity index (χ2v) is 13.1. The summed E-state index contributed by atoms with van der Waals surface area (Å²) in [5.41, 5.74) is 4.77. The first-order chi connectivity index (χ1) is 19.2. The molecule has 8 nitrogen and oxygen atoms in total. The number of aryl methyl sites for hydroxylation is 1. The Morgan fingerprint density at radius 1 is 1.00 bits per heavy atom. The van der Waals surface area contributed by atoms with Crippen LogP contribution in [0.15, 0.2) is 84.1 Å². The molecule has 0 N–H and O–H groups in total. The summed E-state index contributed by atoms with van der Waals surface area (Å²) in [6.45, 7) is 6.69. The molecule has 0 amide bonds. The molecule has 2 aromatic heterocycles. The first kappa shape index (κ1) is 25.1. The Labute approximate surface area is 232 Å². The molecule has 2 fully saturated rings. The van der Waals surface area contributed by atoms with Gasteiger partial charge in [0.2, 0.25) is 5.03 Å². The van der Waals surface area contributed by atoms with E-state index >= 15 is 0 Å². The Hall–Kier alpha value is -3.89. The van der Waals surface area contributed by atoms with Crippen molar-refractivity contribution in [3.63, 3.8) is 0 Å². The molecule has 1 saturated heterocycles. The maximum absolute atomic E-state index is 13.7. The van der Waals surface area contributed by atoms with Crippen LogP contribution in [-0.4, -0.2) is 50.6 Å². The zero-order valence-corrected chi connectivity index (χ0v) is 23.3. The normalized spacial score (nSPS) is 22.7. The van der Waals surface area contributed by atoms with E-state index in [0.29, 0.717) is 13.1 Å². The number of rotatable bonds is 6. The van der Waals surface area contributed by atoms with Crippen molar-refractivity contribution in [1.29, 1.82) is 0 Å². The highest BCUT2D eigenvalue weighted by atomic mass is 32.2. The number of sulfonamides is 1. The molecular weight excluding hydrogens is 527 g/mol. The highest BCUT2D eigenvalue weighted by Crippen LogP contribution is 2.70. The van der Waals surface area contributed by atoms with E-state index in [-0.39, 0.29) is 34.1 Å². The first-order valence-corrected chi connectivity index (χ1v) is 14.9. The van der Waals surface area contributed by atoms with E-state index in [1.54, 1.807) is 16.4 Å². The fraction of sp³-hybridized carbons (Fsp3) is 0.300. The zero-order valence-electron chi connectivity index (χ0n) is 22.4. The van der Waals surface area contributed by atoms with Crippen molar-refractivity contribution in [2.24, 2.45) is 5.92 Å². The molecule has 5 aromatic rings. The van der Waals surface area contributed by atoms with Gasteiger partial charge in [-0.2, -0.15) is 19.3 Å². The van der Waals surface area contributed by atoms with Gasteiger partial charge in [-0.05, 0) is 79.8 Å². The lowest BCUT2D eigenvalue weighted by molar-refractivity contribution is 0.414. The van der Waals surface area contributed by atoms with Crippen molar-refractivity contribution < 1.29 is 12.8 Å². The number of aromatic nitrogens is 5. The van der Waals surface area contributed by atoms with Crippen LogP contribution < -0.4 is 0 Å². The van der Waals surface area contributed by atoms with Crippen molar-refractivity contribution in [3.05, 3.63) is 102 Å². The molecule has 3 aromatic carbocycles. The highest BCUT2D eigenvalue weighted by molar-refractivity contribution is 7.89. The molecule has 7 rings (SSSR count). The molecule has 0 radical (unpaired) electrons. The third-order valence-corrected chi connectivity index (χ3v) is 10.2. The van der Waals surface area contributed by atoms with E-state index in [1.807, 2.05) is 42.9 Å². The minimum Gasteiger partial charge on any atom is -0.233 e. The lowest BCUT2D eigenvalue weighted by atomic mass is 9.87. The summed E-state index contributed by atoms with van der Waals surface area (Å²) in [6.07, 6.45) is 3.17. The van der Waals surface area contributed by atoms with Crippen LogP contribution >= 0.6 is 0 Å². The van der Waals surface area contributed by atoms with Crippen molar-refractivity contribution in [2.45, 2.75) is 43.2 Å². The number of benzene rings is 3. The van der Waals surface area contributed by atoms with Crippen LogP contribution in [0.1, 0.15) is 42.5 Å². The molecule has 204 valence electrons. The van der Waals surface area contributed by atoms with Gasteiger partial charge in [0.1, 0.15) is 5.82 Å². The maximum atomic E-state index is 13.7. The second-order valence-electron chi connectivity index (χ2n) is 11.2. The lowest BCUT2D eigenvalue weighted by Crippen LogP contribution is -2.35. The number of fused-ring (bicyclic) bond motifs is 2. The highest BCUT2D eigenvalue weighted by Gasteiger charge is 2.71. The summed E-state index contributed by atoms with van der Waals surface area (Å²) in [5, 5.41) is 14.0. The molecule has 40 heavy (non-hydrogen) atoms. The predicted molar refractivity (Wildman–Crippen MR) is 149 cm³/mol. The van der Waals surface area contributed by atoms with Crippen LogP contribution in [0.2, 0.25) is 0 Å². The van der Waals surface area contributed by atoms with Crippen molar-refractivity contribution in [3.8, 4) is 5.69 Å². The average molecular weight is 557 g/mol. The van der Waals surface area contributed by atoms with Gasteiger partial charge in [-0.15, -0.1) is 5.10 Å². The molecule has 0 bridgehead atoms. The van der Waals surface area contributed by atoms with E-state index in [4.69, 9.17) is 0 Å². The van der Waals surface area contributed by atoms with Gasteiger partial charge in [-0.1, -0.05) is 30.3 Å². The molecule has 1 aliphatic carbocycles. The molecule has 1 aliphatic heterocycles. The van der Waals surface area contributed by atoms with Gasteiger partial charge in [0.15, 0.2) is 0 Å². The Balaban J connectivity index is 1.31. The van der Waals surface area contributed by atoms with Crippen molar-refractivity contribution >= 4 is 20.9 Å². The minimum absolute atomic E-state index is 0.0124. The van der Waals surface area contributed by atoms with E-state index in [1.165, 1.54) is 28.7 Å². The van der Waals surface area contributed by atoms with E-state index in [2.05, 4.69) is 46.5 Å². The van der Waals surface area contributed by atoms with Gasteiger partial charge < -0.3 is 0 Å². The zero-order chi connectivity index (χ0) is 27.8. The van der Waals surface area contributed by atoms with Crippen LogP contribution in [-0.2, 0) is 15.4 Å². The molecule has 0 spiro atoms. The largest absolute Gasteiger partial charge is 0.264 e. The summed E-state index contributed by atoms with van der Waals surface area (Å²) in [5.74, 6) is 0.0416. The van der Waals surface area contributed by atoms with Gasteiger partial charge in [0.05, 0.1) is 29.6 Å². The van der Waals surface area contributed by atoms with Gasteiger partial charge >= 0.3 is 0 Å². The van der Waals surface area contributed by atoms with E-state index < -0.39 is 10.0 Å². The summed E-state index contributed by atoms with van der Waals surface area (Å²) in [6, 6.07) is 20.9. The van der Waals surface area contributed by atoms with Gasteiger partial charge in [0.25, 0.3) is 10.0 Å². The summed E-state index contributed by atoms with van der Waals surface area (Å²) in [7, 11) is -3.80. The predicted octanol–water partition coefficient (Wildman–Crippen LogP) is 5.00. The minimum atomic E-state index is -3.80. The molecule has 3 heterocycles. The number of hydrogen-bond acceptors (Lipinski definition) is 5. The lowest BCUT2D eigenvalue weighted by Gasteiger charge is -2.24. The molecule has 0 unspecified atom stereocenters. The van der Waals surface area contributed by atoms with Crippen LogP contribution in [0.3, 0.4) is 0 Å². The van der Waals surface area contributed by atoms with E-state index in [0.717, 1.165) is 27.7 Å². The van der Waals surface area contributed by atoms with Crippen molar-refractivity contribution in [2.75, 3.05) is 13.1 Å². The van der Waals surface area contributed by atoms with Crippen LogP contribution in [0.5, 0.6) is 0 Å². The fourth-order valence-corrected chi connectivity index (χ4v) is 8.00. The Morgan fingerprint density at radius 3 is 2.45 bits per heavy atom. The molecule has 2 aliphatic rings. The number of piperidine rings is 1. The summed E-state index contributed by atoms with van der Waals surface area (Å²) in [4.78, 5) is 1.43. The quantitative estimate of drug-likeness (QED) is 0.294. The van der Waals surface area contributed by atoms with Gasteiger partial charge in [-0.3, -0.25) is 0 Å². The molecule has 3 atom stereocenters. The second kappa shape index (κ2) is 8.81. The average Bonchev–Trinajstić information content (AvgIpc) is 3.42. The van der Waals surface area contributed by atoms with Crippen LogP contribution in [0, 0.1) is 18.7 Å². The Morgan fingerprint density at radius 2 is 1.75 bits per heavy atom. The van der Waals surface area contributed by atoms with Gasteiger partial charge in [-0.25, -0.2) is 17.5 Å². The summed E-state index contributed by atoms with van der Waals surface area (Å²) < 4.78 is 44.3. The standard InChI is InChI=1S/C30H29FN6O2S/c1-19(2)37-33-16-28(34-37)40(38,39)35-17-26-29(21-7-5-4-6-8-21)30(26,18-35)25-14-22-15-32-36(27(22)13-20(25)3)24-11-9-23(31)10-12-24/h4-16,19,26,29H,17-18H2,1-3H3/t26-,29-,30+/m0/s1. The number of hydrogen-bond donors (Lipinski definition) is 0. The monoisotopic (exact) mass is 556 g/mol. The Bertz CT molecular complexity index is 1850. The van der Waals surface area contributed by atoms with Gasteiger partial charge in [0, 0.05) is 29.8 Å². The van der Waals surface area contributed by atoms with Crippen LogP contribution in [0.4, 0.5) is 4.39 Å².